The van der Waals surface area contributed by atoms with Crippen LogP contribution in [0.2, 0.25) is 5.02 Å². The van der Waals surface area contributed by atoms with Crippen LogP contribution < -0.4 is 11.1 Å². The number of nitrogens with two attached hydrogens (primary N) is 1. The average molecular weight is 268 g/mol. The Morgan fingerprint density at radius 1 is 1.56 bits per heavy atom. The molecule has 0 radical (unpaired) electrons. The van der Waals surface area contributed by atoms with E-state index in [1.807, 2.05) is 19.1 Å². The molecule has 1 unspecified atom stereocenters. The van der Waals surface area contributed by atoms with Crippen LogP contribution >= 0.6 is 11.6 Å². The fourth-order valence-corrected chi connectivity index (χ4v) is 2.25. The van der Waals surface area contributed by atoms with E-state index in [2.05, 4.69) is 5.32 Å². The molecule has 2 amide bonds. The van der Waals surface area contributed by atoms with Gasteiger partial charge < -0.3 is 16.0 Å². The number of likely N-dealkylation sites (tertiary alicyclic amines) is 1. The SMILES string of the molecule is Cc1ccc(NC(=O)N2CCCC(N)C2)cc1Cl. The summed E-state index contributed by atoms with van der Waals surface area (Å²) in [6.07, 6.45) is 1.95. The fraction of sp³-hybridized carbons (Fsp3) is 0.462. The Morgan fingerprint density at radius 2 is 2.33 bits per heavy atom. The number of carbonyl (C=O) groups is 1. The van der Waals surface area contributed by atoms with Gasteiger partial charge in [-0.25, -0.2) is 4.79 Å². The molecule has 1 heterocycles. The lowest BCUT2D eigenvalue weighted by molar-refractivity contribution is 0.193. The van der Waals surface area contributed by atoms with E-state index in [-0.39, 0.29) is 12.1 Å². The maximum absolute atomic E-state index is 12.0. The molecule has 5 heteroatoms. The summed E-state index contributed by atoms with van der Waals surface area (Å²) in [5, 5.41) is 3.50. The van der Waals surface area contributed by atoms with Crippen molar-refractivity contribution >= 4 is 23.3 Å². The molecule has 4 nitrogen and oxygen atoms in total. The third kappa shape index (κ3) is 3.15. The fourth-order valence-electron chi connectivity index (χ4n) is 2.07. The number of nitrogens with one attached hydrogen (secondary N) is 1. The van der Waals surface area contributed by atoms with Crippen LogP contribution in [0.15, 0.2) is 18.2 Å². The minimum Gasteiger partial charge on any atom is -0.326 e. The van der Waals surface area contributed by atoms with Crippen molar-refractivity contribution in [1.29, 1.82) is 0 Å². The van der Waals surface area contributed by atoms with Crippen molar-refractivity contribution in [2.45, 2.75) is 25.8 Å². The highest BCUT2D eigenvalue weighted by atomic mass is 35.5. The standard InChI is InChI=1S/C13H18ClN3O/c1-9-4-5-11(7-12(9)14)16-13(18)17-6-2-3-10(15)8-17/h4-5,7,10H,2-3,6,8,15H2,1H3,(H,16,18). The topological polar surface area (TPSA) is 58.4 Å². The van der Waals surface area contributed by atoms with Gasteiger partial charge in [0.15, 0.2) is 0 Å². The number of nitrogens with zero attached hydrogens (tertiary/aromatic N) is 1. The predicted octanol–water partition coefficient (Wildman–Crippen LogP) is 2.60. The van der Waals surface area contributed by atoms with Crippen LogP contribution in [0.5, 0.6) is 0 Å². The summed E-state index contributed by atoms with van der Waals surface area (Å²) in [7, 11) is 0. The van der Waals surface area contributed by atoms with Crippen molar-refractivity contribution < 1.29 is 4.79 Å². The lowest BCUT2D eigenvalue weighted by atomic mass is 10.1. The van der Waals surface area contributed by atoms with Crippen molar-refractivity contribution in [3.63, 3.8) is 0 Å². The molecule has 0 aliphatic carbocycles. The molecule has 1 aromatic carbocycles. The number of hydrogen-bond acceptors (Lipinski definition) is 2. The van der Waals surface area contributed by atoms with Crippen LogP contribution in [0.25, 0.3) is 0 Å². The van der Waals surface area contributed by atoms with E-state index >= 15 is 0 Å². The number of halogens is 1. The maximum Gasteiger partial charge on any atom is 0.321 e. The van der Waals surface area contributed by atoms with Crippen LogP contribution in [0.3, 0.4) is 0 Å². The molecule has 1 atom stereocenters. The van der Waals surface area contributed by atoms with Gasteiger partial charge in [0.1, 0.15) is 0 Å². The largest absolute Gasteiger partial charge is 0.326 e. The molecule has 1 fully saturated rings. The van der Waals surface area contributed by atoms with Crippen molar-refractivity contribution in [2.75, 3.05) is 18.4 Å². The Morgan fingerprint density at radius 3 is 3.00 bits per heavy atom. The number of piperidine rings is 1. The second kappa shape index (κ2) is 5.59. The van der Waals surface area contributed by atoms with Crippen LogP contribution in [0, 0.1) is 6.92 Å². The second-order valence-corrected chi connectivity index (χ2v) is 5.15. The first kappa shape index (κ1) is 13.2. The number of hydrogen-bond donors (Lipinski definition) is 2. The van der Waals surface area contributed by atoms with Crippen molar-refractivity contribution in [2.24, 2.45) is 5.73 Å². The normalized spacial score (nSPS) is 19.7. The monoisotopic (exact) mass is 267 g/mol. The lowest BCUT2D eigenvalue weighted by Gasteiger charge is -2.30. The van der Waals surface area contributed by atoms with Gasteiger partial charge in [0.05, 0.1) is 0 Å². The molecule has 1 aliphatic rings. The van der Waals surface area contributed by atoms with E-state index in [0.29, 0.717) is 11.6 Å². The molecule has 0 bridgehead atoms. The van der Waals surface area contributed by atoms with Crippen molar-refractivity contribution in [1.82, 2.24) is 4.90 Å². The van der Waals surface area contributed by atoms with Crippen molar-refractivity contribution in [3.8, 4) is 0 Å². The molecular weight excluding hydrogens is 250 g/mol. The molecule has 0 saturated carbocycles. The third-order valence-corrected chi connectivity index (χ3v) is 3.58. The second-order valence-electron chi connectivity index (χ2n) is 4.74. The van der Waals surface area contributed by atoms with Gasteiger partial charge in [-0.1, -0.05) is 17.7 Å². The molecule has 0 spiro atoms. The molecule has 3 N–H and O–H groups in total. The average Bonchev–Trinajstić information content (AvgIpc) is 2.34. The van der Waals surface area contributed by atoms with Crippen LogP contribution in [0.4, 0.5) is 10.5 Å². The zero-order valence-corrected chi connectivity index (χ0v) is 11.2. The number of carbonyl (C=O) groups excluding carboxylic acids is 1. The van der Waals surface area contributed by atoms with Crippen molar-refractivity contribution in [3.05, 3.63) is 28.8 Å². The Balaban J connectivity index is 2.00. The van der Waals surface area contributed by atoms with Gasteiger partial charge in [0.2, 0.25) is 0 Å². The Labute approximate surface area is 112 Å². The first-order valence-electron chi connectivity index (χ1n) is 6.14. The zero-order chi connectivity index (χ0) is 13.1. The Kier molecular flexibility index (Phi) is 4.09. The molecule has 98 valence electrons. The smallest absolute Gasteiger partial charge is 0.321 e. The molecular formula is C13H18ClN3O. The van der Waals surface area contributed by atoms with Gasteiger partial charge in [0.25, 0.3) is 0 Å². The molecule has 0 aromatic heterocycles. The number of anilines is 1. The highest BCUT2D eigenvalue weighted by Gasteiger charge is 2.21. The number of urea groups is 1. The van der Waals surface area contributed by atoms with E-state index in [0.717, 1.165) is 30.6 Å². The number of benzene rings is 1. The van der Waals surface area contributed by atoms with E-state index in [1.54, 1.807) is 11.0 Å². The van der Waals surface area contributed by atoms with E-state index in [1.165, 1.54) is 0 Å². The van der Waals surface area contributed by atoms with Gasteiger partial charge in [-0.2, -0.15) is 0 Å². The van der Waals surface area contributed by atoms with Crippen LogP contribution in [0.1, 0.15) is 18.4 Å². The summed E-state index contributed by atoms with van der Waals surface area (Å²) in [4.78, 5) is 13.8. The highest BCUT2D eigenvalue weighted by Crippen LogP contribution is 2.20. The molecule has 1 saturated heterocycles. The first-order chi connectivity index (χ1) is 8.56. The number of amides is 2. The minimum absolute atomic E-state index is 0.0890. The van der Waals surface area contributed by atoms with Gasteiger partial charge in [-0.05, 0) is 37.5 Å². The maximum atomic E-state index is 12.0. The molecule has 2 rings (SSSR count). The molecule has 18 heavy (non-hydrogen) atoms. The van der Waals surface area contributed by atoms with Gasteiger partial charge >= 0.3 is 6.03 Å². The number of rotatable bonds is 1. The summed E-state index contributed by atoms with van der Waals surface area (Å²) in [5.74, 6) is 0. The Hall–Kier alpha value is -1.26. The first-order valence-corrected chi connectivity index (χ1v) is 6.51. The van der Waals surface area contributed by atoms with E-state index in [4.69, 9.17) is 17.3 Å². The third-order valence-electron chi connectivity index (χ3n) is 3.17. The van der Waals surface area contributed by atoms with Gasteiger partial charge in [-0.3, -0.25) is 0 Å². The van der Waals surface area contributed by atoms with Crippen LogP contribution in [-0.4, -0.2) is 30.1 Å². The summed E-state index contributed by atoms with van der Waals surface area (Å²) in [6.45, 7) is 3.31. The number of aryl methyl sites for hydroxylation is 1. The molecule has 1 aromatic rings. The van der Waals surface area contributed by atoms with Gasteiger partial charge in [0, 0.05) is 29.8 Å². The summed E-state index contributed by atoms with van der Waals surface area (Å²) >= 11 is 6.02. The predicted molar refractivity (Wildman–Crippen MR) is 74.0 cm³/mol. The van der Waals surface area contributed by atoms with E-state index in [9.17, 15) is 4.79 Å². The van der Waals surface area contributed by atoms with E-state index < -0.39 is 0 Å². The summed E-state index contributed by atoms with van der Waals surface area (Å²) < 4.78 is 0. The van der Waals surface area contributed by atoms with Gasteiger partial charge in [-0.15, -0.1) is 0 Å². The minimum atomic E-state index is -0.106. The quantitative estimate of drug-likeness (QED) is 0.822. The lowest BCUT2D eigenvalue weighted by Crippen LogP contribution is -2.47. The highest BCUT2D eigenvalue weighted by molar-refractivity contribution is 6.31. The zero-order valence-electron chi connectivity index (χ0n) is 10.4. The van der Waals surface area contributed by atoms with Crippen LogP contribution in [-0.2, 0) is 0 Å². The molecule has 1 aliphatic heterocycles. The summed E-state index contributed by atoms with van der Waals surface area (Å²) in [5.41, 5.74) is 7.57. The Bertz CT molecular complexity index is 450. The summed E-state index contributed by atoms with van der Waals surface area (Å²) in [6, 6.07) is 5.48.